The maximum absolute atomic E-state index is 5.85. The molecule has 1 aromatic rings. The minimum atomic E-state index is 0.785. The van der Waals surface area contributed by atoms with E-state index in [1.165, 1.54) is 30.6 Å². The lowest BCUT2D eigenvalue weighted by Crippen LogP contribution is -2.25. The van der Waals surface area contributed by atoms with Crippen LogP contribution in [0.2, 0.25) is 0 Å². The lowest BCUT2D eigenvalue weighted by atomic mass is 10.2. The van der Waals surface area contributed by atoms with Crippen molar-refractivity contribution in [3.63, 3.8) is 0 Å². The Morgan fingerprint density at radius 3 is 2.60 bits per heavy atom. The Morgan fingerprint density at radius 2 is 1.92 bits per heavy atom. The highest BCUT2D eigenvalue weighted by Crippen LogP contribution is 2.19. The van der Waals surface area contributed by atoms with Gasteiger partial charge in [0.05, 0.1) is 6.61 Å². The Hall–Kier alpha value is -1.68. The van der Waals surface area contributed by atoms with Crippen molar-refractivity contribution < 1.29 is 4.74 Å². The van der Waals surface area contributed by atoms with Crippen molar-refractivity contribution in [3.05, 3.63) is 41.7 Å². The van der Waals surface area contributed by atoms with E-state index in [2.05, 4.69) is 66.4 Å². The summed E-state index contributed by atoms with van der Waals surface area (Å²) in [7, 11) is 0. The fourth-order valence-corrected chi connectivity index (χ4v) is 3.29. The van der Waals surface area contributed by atoms with Crippen LogP contribution in [-0.2, 0) is 6.54 Å². The van der Waals surface area contributed by atoms with Gasteiger partial charge in [0.25, 0.3) is 0 Å². The van der Waals surface area contributed by atoms with Crippen LogP contribution in [0.15, 0.2) is 36.2 Å². The molecule has 1 aliphatic heterocycles. The largest absolute Gasteiger partial charge is 0.494 e. The first-order chi connectivity index (χ1) is 12.3. The molecular weight excluding hydrogens is 310 g/mol. The molecular formula is C21H35N3O. The Balaban J connectivity index is 1.68. The molecule has 2 rings (SSSR count). The molecule has 0 saturated carbocycles. The van der Waals surface area contributed by atoms with Gasteiger partial charge in [-0.2, -0.15) is 0 Å². The molecule has 0 aromatic heterocycles. The number of rotatable bonds is 11. The predicted molar refractivity (Wildman–Crippen MR) is 106 cm³/mol. The minimum Gasteiger partial charge on any atom is -0.494 e. The molecule has 0 amide bonds. The van der Waals surface area contributed by atoms with Crippen LogP contribution in [0.3, 0.4) is 0 Å². The average molecular weight is 346 g/mol. The molecule has 0 aliphatic carbocycles. The highest BCUT2D eigenvalue weighted by molar-refractivity contribution is 5.27. The van der Waals surface area contributed by atoms with Gasteiger partial charge in [-0.1, -0.05) is 26.0 Å². The zero-order valence-electron chi connectivity index (χ0n) is 16.3. The monoisotopic (exact) mass is 345 g/mol. The third-order valence-electron chi connectivity index (χ3n) is 4.93. The van der Waals surface area contributed by atoms with Gasteiger partial charge in [-0.25, -0.2) is 0 Å². The number of benzene rings is 1. The number of nitrogens with one attached hydrogen (secondary N) is 1. The number of nitrogens with zero attached hydrogens (tertiary/aromatic N) is 2. The van der Waals surface area contributed by atoms with E-state index >= 15 is 0 Å². The van der Waals surface area contributed by atoms with Crippen LogP contribution in [0, 0.1) is 0 Å². The highest BCUT2D eigenvalue weighted by Gasteiger charge is 2.14. The maximum Gasteiger partial charge on any atom is 0.119 e. The second-order valence-corrected chi connectivity index (χ2v) is 6.57. The summed E-state index contributed by atoms with van der Waals surface area (Å²) in [6.07, 6.45) is 5.74. The van der Waals surface area contributed by atoms with Gasteiger partial charge < -0.3 is 19.9 Å². The first-order valence-corrected chi connectivity index (χ1v) is 9.88. The van der Waals surface area contributed by atoms with Crippen molar-refractivity contribution in [1.29, 1.82) is 0 Å². The summed E-state index contributed by atoms with van der Waals surface area (Å²) < 4.78 is 5.85. The third kappa shape index (κ3) is 6.62. The number of allylic oxidation sites excluding steroid dienone is 1. The molecule has 0 unspecified atom stereocenters. The highest BCUT2D eigenvalue weighted by atomic mass is 16.5. The van der Waals surface area contributed by atoms with E-state index in [0.29, 0.717) is 0 Å². The summed E-state index contributed by atoms with van der Waals surface area (Å²) in [5, 5.41) is 3.45. The molecule has 1 N–H and O–H groups in total. The molecule has 4 heteroatoms. The zero-order chi connectivity index (χ0) is 17.9. The Morgan fingerprint density at radius 1 is 1.16 bits per heavy atom. The number of ether oxygens (including phenoxy) is 1. The molecule has 1 aliphatic rings. The summed E-state index contributed by atoms with van der Waals surface area (Å²) in [6.45, 7) is 13.9. The molecule has 0 atom stereocenters. The standard InChI is InChI=1S/C21H35N3O/c1-4-23(5-2)14-8-16-25-21-12-10-19(11-13-21)17-22-18-20-9-7-15-24(20)6-3/h10-13,18,22H,4-9,14-17H2,1-3H3/b20-18+. The molecule has 1 fully saturated rings. The quantitative estimate of drug-likeness (QED) is 0.617. The van der Waals surface area contributed by atoms with E-state index in [-0.39, 0.29) is 0 Å². The lowest BCUT2D eigenvalue weighted by Gasteiger charge is -2.18. The predicted octanol–water partition coefficient (Wildman–Crippen LogP) is 3.84. The lowest BCUT2D eigenvalue weighted by molar-refractivity contribution is 0.249. The van der Waals surface area contributed by atoms with E-state index in [1.807, 2.05) is 0 Å². The molecule has 1 aromatic carbocycles. The van der Waals surface area contributed by atoms with E-state index in [9.17, 15) is 0 Å². The third-order valence-corrected chi connectivity index (χ3v) is 4.93. The van der Waals surface area contributed by atoms with E-state index in [1.54, 1.807) is 0 Å². The van der Waals surface area contributed by atoms with Crippen molar-refractivity contribution in [2.75, 3.05) is 39.3 Å². The van der Waals surface area contributed by atoms with Gasteiger partial charge in [0.15, 0.2) is 0 Å². The first-order valence-electron chi connectivity index (χ1n) is 9.88. The van der Waals surface area contributed by atoms with Gasteiger partial charge in [0, 0.05) is 38.1 Å². The van der Waals surface area contributed by atoms with Crippen molar-refractivity contribution in [2.24, 2.45) is 0 Å². The summed E-state index contributed by atoms with van der Waals surface area (Å²) in [5.74, 6) is 0.967. The maximum atomic E-state index is 5.85. The van der Waals surface area contributed by atoms with Crippen LogP contribution in [0.4, 0.5) is 0 Å². The molecule has 1 saturated heterocycles. The fourth-order valence-electron chi connectivity index (χ4n) is 3.29. The van der Waals surface area contributed by atoms with Gasteiger partial charge in [0.2, 0.25) is 0 Å². The van der Waals surface area contributed by atoms with Crippen LogP contribution in [-0.4, -0.2) is 49.1 Å². The number of likely N-dealkylation sites (tertiary alicyclic amines) is 1. The molecule has 0 spiro atoms. The second kappa shape index (κ2) is 11.0. The van der Waals surface area contributed by atoms with Crippen LogP contribution in [0.5, 0.6) is 5.75 Å². The summed E-state index contributed by atoms with van der Waals surface area (Å²) in [6, 6.07) is 8.46. The zero-order valence-corrected chi connectivity index (χ0v) is 16.3. The van der Waals surface area contributed by atoms with Gasteiger partial charge >= 0.3 is 0 Å². The summed E-state index contributed by atoms with van der Waals surface area (Å²) in [5.41, 5.74) is 2.73. The smallest absolute Gasteiger partial charge is 0.119 e. The van der Waals surface area contributed by atoms with Gasteiger partial charge in [0.1, 0.15) is 5.75 Å². The Kier molecular flexibility index (Phi) is 8.67. The topological polar surface area (TPSA) is 27.7 Å². The normalized spacial score (nSPS) is 16.0. The molecule has 4 nitrogen and oxygen atoms in total. The SMILES string of the molecule is CCN(CC)CCCOc1ccc(CN/C=C2\CCCN2CC)cc1. The Labute approximate surface area is 153 Å². The number of hydrogen-bond donors (Lipinski definition) is 1. The second-order valence-electron chi connectivity index (χ2n) is 6.57. The van der Waals surface area contributed by atoms with E-state index in [0.717, 1.165) is 51.5 Å². The number of hydrogen-bond acceptors (Lipinski definition) is 4. The van der Waals surface area contributed by atoms with Crippen LogP contribution in [0.1, 0.15) is 45.6 Å². The molecule has 0 radical (unpaired) electrons. The van der Waals surface area contributed by atoms with Crippen molar-refractivity contribution >= 4 is 0 Å². The van der Waals surface area contributed by atoms with E-state index in [4.69, 9.17) is 4.74 Å². The summed E-state index contributed by atoms with van der Waals surface area (Å²) in [4.78, 5) is 4.87. The average Bonchev–Trinajstić information content (AvgIpc) is 3.10. The van der Waals surface area contributed by atoms with Crippen molar-refractivity contribution in [2.45, 2.75) is 46.6 Å². The van der Waals surface area contributed by atoms with Crippen LogP contribution in [0.25, 0.3) is 0 Å². The first kappa shape index (κ1) is 19.6. The van der Waals surface area contributed by atoms with Gasteiger partial charge in [-0.15, -0.1) is 0 Å². The fraction of sp³-hybridized carbons (Fsp3) is 0.619. The summed E-state index contributed by atoms with van der Waals surface area (Å²) >= 11 is 0. The van der Waals surface area contributed by atoms with Crippen LogP contribution < -0.4 is 10.1 Å². The minimum absolute atomic E-state index is 0.785. The van der Waals surface area contributed by atoms with E-state index < -0.39 is 0 Å². The molecule has 0 bridgehead atoms. The van der Waals surface area contributed by atoms with Crippen molar-refractivity contribution in [1.82, 2.24) is 15.1 Å². The van der Waals surface area contributed by atoms with Gasteiger partial charge in [-0.05, 0) is 57.0 Å². The van der Waals surface area contributed by atoms with Gasteiger partial charge in [-0.3, -0.25) is 0 Å². The molecule has 140 valence electrons. The molecule has 25 heavy (non-hydrogen) atoms. The molecule has 1 heterocycles. The van der Waals surface area contributed by atoms with Crippen LogP contribution >= 0.6 is 0 Å². The Bertz CT molecular complexity index is 508. The van der Waals surface area contributed by atoms with Crippen molar-refractivity contribution in [3.8, 4) is 5.75 Å².